The number of halogens is 3. The standard InChI is InChI=1S/C26H28F3N3O4/c1-25(15-16-7-4-8-17(13-16)18-9-5-10-19(14-18)35-3)12-6-11-20-21(25)32(24(30)31(2)22(20)33)36-23(34)26(27,28)29/h4-5,7-10,13-14,24H,6,11-12,15,30H2,1-3H3. The number of ether oxygens (including phenoxy) is 1. The molecule has 10 heteroatoms. The monoisotopic (exact) mass is 503 g/mol. The van der Waals surface area contributed by atoms with Crippen molar-refractivity contribution in [3.05, 3.63) is 65.4 Å². The molecule has 2 aromatic rings. The molecule has 1 aliphatic carbocycles. The molecule has 2 atom stereocenters. The van der Waals surface area contributed by atoms with Gasteiger partial charge in [0.1, 0.15) is 5.75 Å². The van der Waals surface area contributed by atoms with E-state index >= 15 is 0 Å². The number of carbonyl (C=O) groups excluding carboxylic acids is 2. The Kier molecular flexibility index (Phi) is 6.74. The maximum atomic E-state index is 13.1. The molecule has 0 saturated carbocycles. The van der Waals surface area contributed by atoms with Gasteiger partial charge in [-0.3, -0.25) is 10.5 Å². The van der Waals surface area contributed by atoms with E-state index in [0.29, 0.717) is 37.0 Å². The van der Waals surface area contributed by atoms with Gasteiger partial charge in [-0.15, -0.1) is 0 Å². The van der Waals surface area contributed by atoms with Crippen LogP contribution in [0.15, 0.2) is 59.8 Å². The van der Waals surface area contributed by atoms with Gasteiger partial charge in [0.25, 0.3) is 5.91 Å². The number of carbonyl (C=O) groups is 2. The lowest BCUT2D eigenvalue weighted by atomic mass is 9.70. The van der Waals surface area contributed by atoms with Crippen LogP contribution in [0, 0.1) is 5.41 Å². The van der Waals surface area contributed by atoms with Crippen LogP contribution in [-0.2, 0) is 20.8 Å². The van der Waals surface area contributed by atoms with Crippen molar-refractivity contribution < 1.29 is 32.3 Å². The van der Waals surface area contributed by atoms with Gasteiger partial charge in [-0.25, -0.2) is 4.79 Å². The van der Waals surface area contributed by atoms with Gasteiger partial charge in [0.15, 0.2) is 6.29 Å². The lowest BCUT2D eigenvalue weighted by Crippen LogP contribution is -2.62. The molecule has 0 radical (unpaired) electrons. The minimum absolute atomic E-state index is 0.230. The normalized spacial score (nSPS) is 22.4. The smallest absolute Gasteiger partial charge is 0.493 e. The van der Waals surface area contributed by atoms with Crippen molar-refractivity contribution in [3.63, 3.8) is 0 Å². The minimum Gasteiger partial charge on any atom is -0.497 e. The molecule has 2 N–H and O–H groups in total. The molecule has 1 amide bonds. The first-order chi connectivity index (χ1) is 16.9. The van der Waals surface area contributed by atoms with E-state index in [9.17, 15) is 22.8 Å². The zero-order valence-electron chi connectivity index (χ0n) is 20.3. The molecular formula is C26H28F3N3O4. The van der Waals surface area contributed by atoms with Gasteiger partial charge in [-0.05, 0) is 54.5 Å². The Morgan fingerprint density at radius 2 is 1.83 bits per heavy atom. The molecule has 1 heterocycles. The molecule has 4 rings (SSSR count). The number of alkyl halides is 3. The minimum atomic E-state index is -5.21. The first-order valence-electron chi connectivity index (χ1n) is 11.5. The lowest BCUT2D eigenvalue weighted by molar-refractivity contribution is -0.252. The Hall–Kier alpha value is -3.53. The van der Waals surface area contributed by atoms with Crippen LogP contribution in [-0.4, -0.2) is 48.5 Å². The second-order valence-corrected chi connectivity index (χ2v) is 9.38. The summed E-state index contributed by atoms with van der Waals surface area (Å²) < 4.78 is 44.6. The summed E-state index contributed by atoms with van der Waals surface area (Å²) in [5.41, 5.74) is 8.63. The molecule has 2 aliphatic rings. The average Bonchev–Trinajstić information content (AvgIpc) is 2.84. The molecule has 192 valence electrons. The highest BCUT2D eigenvalue weighted by molar-refractivity contribution is 5.95. The van der Waals surface area contributed by atoms with E-state index in [2.05, 4.69) is 0 Å². The Morgan fingerprint density at radius 3 is 2.50 bits per heavy atom. The summed E-state index contributed by atoms with van der Waals surface area (Å²) in [6.07, 6.45) is -4.63. The first kappa shape index (κ1) is 25.6. The van der Waals surface area contributed by atoms with E-state index in [0.717, 1.165) is 26.7 Å². The fourth-order valence-electron chi connectivity index (χ4n) is 5.01. The van der Waals surface area contributed by atoms with E-state index in [4.69, 9.17) is 15.3 Å². The van der Waals surface area contributed by atoms with E-state index < -0.39 is 23.9 Å². The molecule has 2 aromatic carbocycles. The molecule has 0 aromatic heterocycles. The largest absolute Gasteiger partial charge is 0.497 e. The highest BCUT2D eigenvalue weighted by Gasteiger charge is 2.51. The van der Waals surface area contributed by atoms with Crippen LogP contribution in [0.3, 0.4) is 0 Å². The predicted molar refractivity (Wildman–Crippen MR) is 126 cm³/mol. The number of benzene rings is 2. The number of nitrogens with two attached hydrogens (primary N) is 1. The predicted octanol–water partition coefficient (Wildman–Crippen LogP) is 4.39. The summed E-state index contributed by atoms with van der Waals surface area (Å²) >= 11 is 0. The van der Waals surface area contributed by atoms with Gasteiger partial charge in [-0.2, -0.15) is 18.2 Å². The van der Waals surface area contributed by atoms with Gasteiger partial charge in [0, 0.05) is 18.0 Å². The summed E-state index contributed by atoms with van der Waals surface area (Å²) in [6, 6.07) is 15.4. The highest BCUT2D eigenvalue weighted by atomic mass is 19.4. The maximum absolute atomic E-state index is 13.1. The summed E-state index contributed by atoms with van der Waals surface area (Å²) in [7, 11) is 2.96. The van der Waals surface area contributed by atoms with Gasteiger partial charge in [-0.1, -0.05) is 43.3 Å². The van der Waals surface area contributed by atoms with Crippen LogP contribution >= 0.6 is 0 Å². The van der Waals surface area contributed by atoms with Crippen LogP contribution in [0.5, 0.6) is 5.75 Å². The summed E-state index contributed by atoms with van der Waals surface area (Å²) in [5.74, 6) is -2.05. The van der Waals surface area contributed by atoms with Crippen molar-refractivity contribution in [1.29, 1.82) is 0 Å². The number of hydrogen-bond donors (Lipinski definition) is 1. The molecule has 0 fully saturated rings. The van der Waals surface area contributed by atoms with Crippen molar-refractivity contribution in [1.82, 2.24) is 9.96 Å². The van der Waals surface area contributed by atoms with E-state index in [1.165, 1.54) is 7.05 Å². The Morgan fingerprint density at radius 1 is 1.17 bits per heavy atom. The zero-order valence-corrected chi connectivity index (χ0v) is 20.3. The zero-order chi connectivity index (χ0) is 26.3. The van der Waals surface area contributed by atoms with Gasteiger partial charge >= 0.3 is 12.1 Å². The Labute approximate surface area is 207 Å². The van der Waals surface area contributed by atoms with Crippen molar-refractivity contribution in [3.8, 4) is 16.9 Å². The van der Waals surface area contributed by atoms with Crippen molar-refractivity contribution in [2.24, 2.45) is 11.1 Å². The van der Waals surface area contributed by atoms with Crippen LogP contribution in [0.4, 0.5) is 13.2 Å². The van der Waals surface area contributed by atoms with Crippen LogP contribution in [0.2, 0.25) is 0 Å². The highest BCUT2D eigenvalue weighted by Crippen LogP contribution is 2.48. The fourth-order valence-corrected chi connectivity index (χ4v) is 5.01. The molecular weight excluding hydrogens is 475 g/mol. The number of nitrogens with zero attached hydrogens (tertiary/aromatic N) is 2. The average molecular weight is 504 g/mol. The SMILES string of the molecule is COc1cccc(-c2cccc(CC3(C)CCCC4=C3N(OC(=O)C(F)(F)F)C(N)N(C)C4=O)c2)c1. The fraction of sp³-hybridized carbons (Fsp3) is 0.385. The molecule has 0 spiro atoms. The second kappa shape index (κ2) is 9.50. The van der Waals surface area contributed by atoms with Crippen LogP contribution < -0.4 is 10.5 Å². The quantitative estimate of drug-likeness (QED) is 0.652. The third kappa shape index (κ3) is 4.77. The second-order valence-electron chi connectivity index (χ2n) is 9.38. The molecule has 2 unspecified atom stereocenters. The topological polar surface area (TPSA) is 85.1 Å². The number of allylic oxidation sites excluding steroid dienone is 1. The van der Waals surface area contributed by atoms with Gasteiger partial charge in [0.05, 0.1) is 12.8 Å². The summed E-state index contributed by atoms with van der Waals surface area (Å²) in [6.45, 7) is 1.86. The number of amides is 1. The Balaban J connectivity index is 1.73. The number of likely N-dealkylation sites (N-methyl/N-ethyl adjacent to an activating group) is 1. The summed E-state index contributed by atoms with van der Waals surface area (Å²) in [5, 5.41) is 0.775. The van der Waals surface area contributed by atoms with Crippen molar-refractivity contribution >= 4 is 11.9 Å². The number of hydrogen-bond acceptors (Lipinski definition) is 6. The third-order valence-corrected chi connectivity index (χ3v) is 6.79. The van der Waals surface area contributed by atoms with Crippen LogP contribution in [0.1, 0.15) is 31.7 Å². The van der Waals surface area contributed by atoms with Crippen molar-refractivity contribution in [2.45, 2.75) is 45.1 Å². The summed E-state index contributed by atoms with van der Waals surface area (Å²) in [4.78, 5) is 30.7. The molecule has 36 heavy (non-hydrogen) atoms. The molecule has 0 saturated heterocycles. The molecule has 1 aliphatic heterocycles. The number of hydroxylamine groups is 2. The van der Waals surface area contributed by atoms with Gasteiger partial charge < -0.3 is 14.5 Å². The van der Waals surface area contributed by atoms with Crippen LogP contribution in [0.25, 0.3) is 11.1 Å². The molecule has 7 nitrogen and oxygen atoms in total. The third-order valence-electron chi connectivity index (χ3n) is 6.79. The number of rotatable bonds is 5. The van der Waals surface area contributed by atoms with E-state index in [-0.39, 0.29) is 11.6 Å². The molecule has 0 bridgehead atoms. The number of methoxy groups -OCH3 is 1. The van der Waals surface area contributed by atoms with E-state index in [1.54, 1.807) is 7.11 Å². The van der Waals surface area contributed by atoms with Crippen molar-refractivity contribution in [2.75, 3.05) is 14.2 Å². The first-order valence-corrected chi connectivity index (χ1v) is 11.5. The lowest BCUT2D eigenvalue weighted by Gasteiger charge is -2.49. The van der Waals surface area contributed by atoms with Gasteiger partial charge in [0.2, 0.25) is 0 Å². The Bertz CT molecular complexity index is 1210. The maximum Gasteiger partial charge on any atom is 0.493 e. The van der Waals surface area contributed by atoms with E-state index in [1.807, 2.05) is 55.5 Å².